The van der Waals surface area contributed by atoms with Crippen LogP contribution >= 0.6 is 0 Å². The maximum atomic E-state index is 9.89. The number of hydrogen-bond donors (Lipinski definition) is 2. The van der Waals surface area contributed by atoms with Gasteiger partial charge in [-0.15, -0.1) is 0 Å². The lowest BCUT2D eigenvalue weighted by Gasteiger charge is -2.45. The van der Waals surface area contributed by atoms with Crippen molar-refractivity contribution in [3.05, 3.63) is 24.3 Å². The average molecular weight is 263 g/mol. The molecule has 0 radical (unpaired) electrons. The third kappa shape index (κ3) is 3.03. The van der Waals surface area contributed by atoms with Gasteiger partial charge in [-0.2, -0.15) is 0 Å². The number of rotatable bonds is 4. The first-order valence-electron chi connectivity index (χ1n) is 7.13. The smallest absolute Gasteiger partial charge is 0.120 e. The molecule has 2 rings (SSSR count). The molecule has 106 valence electrons. The van der Waals surface area contributed by atoms with Gasteiger partial charge in [-0.25, -0.2) is 0 Å². The topological polar surface area (TPSA) is 41.5 Å². The number of aliphatic hydroxyl groups is 1. The average Bonchev–Trinajstić information content (AvgIpc) is 2.42. The van der Waals surface area contributed by atoms with E-state index in [2.05, 4.69) is 19.2 Å². The minimum atomic E-state index is -0.196. The van der Waals surface area contributed by atoms with E-state index < -0.39 is 0 Å². The fourth-order valence-corrected chi connectivity index (χ4v) is 3.15. The van der Waals surface area contributed by atoms with E-state index >= 15 is 0 Å². The van der Waals surface area contributed by atoms with E-state index in [0.717, 1.165) is 30.2 Å². The molecule has 2 N–H and O–H groups in total. The molecular formula is C16H25NO2. The summed E-state index contributed by atoms with van der Waals surface area (Å²) in [6, 6.07) is 7.93. The molecular weight excluding hydrogens is 238 g/mol. The Bertz CT molecular complexity index is 421. The summed E-state index contributed by atoms with van der Waals surface area (Å²) in [6.07, 6.45) is 3.35. The lowest BCUT2D eigenvalue weighted by molar-refractivity contribution is 0.106. The minimum Gasteiger partial charge on any atom is -0.497 e. The van der Waals surface area contributed by atoms with Crippen LogP contribution < -0.4 is 10.1 Å². The molecule has 0 spiro atoms. The molecule has 0 aromatic heterocycles. The Morgan fingerprint density at radius 1 is 1.42 bits per heavy atom. The number of methoxy groups -OCH3 is 1. The first-order valence-corrected chi connectivity index (χ1v) is 7.13. The molecule has 3 heteroatoms. The maximum Gasteiger partial charge on any atom is 0.120 e. The Labute approximate surface area is 116 Å². The van der Waals surface area contributed by atoms with Crippen molar-refractivity contribution in [2.24, 2.45) is 11.8 Å². The van der Waals surface area contributed by atoms with Crippen molar-refractivity contribution in [2.45, 2.75) is 38.6 Å². The van der Waals surface area contributed by atoms with Crippen molar-refractivity contribution in [2.75, 3.05) is 19.0 Å². The highest BCUT2D eigenvalue weighted by atomic mass is 16.5. The van der Waals surface area contributed by atoms with E-state index in [1.165, 1.54) is 6.42 Å². The summed E-state index contributed by atoms with van der Waals surface area (Å²) >= 11 is 0. The van der Waals surface area contributed by atoms with Crippen LogP contribution in [-0.4, -0.2) is 24.4 Å². The summed E-state index contributed by atoms with van der Waals surface area (Å²) in [5.74, 6) is 2.06. The van der Waals surface area contributed by atoms with Crippen LogP contribution in [0.5, 0.6) is 5.75 Å². The summed E-state index contributed by atoms with van der Waals surface area (Å²) in [5, 5.41) is 13.5. The SMILES string of the molecule is COc1cccc(NC2(CO)CCC(C)CC2C)c1. The summed E-state index contributed by atoms with van der Waals surface area (Å²) < 4.78 is 5.25. The fraction of sp³-hybridized carbons (Fsp3) is 0.625. The van der Waals surface area contributed by atoms with Crippen LogP contribution in [0.2, 0.25) is 0 Å². The van der Waals surface area contributed by atoms with Crippen molar-refractivity contribution >= 4 is 5.69 Å². The summed E-state index contributed by atoms with van der Waals surface area (Å²) in [4.78, 5) is 0. The van der Waals surface area contributed by atoms with Gasteiger partial charge >= 0.3 is 0 Å². The molecule has 3 unspecified atom stereocenters. The van der Waals surface area contributed by atoms with E-state index in [4.69, 9.17) is 4.74 Å². The zero-order chi connectivity index (χ0) is 13.9. The van der Waals surface area contributed by atoms with Crippen molar-refractivity contribution < 1.29 is 9.84 Å². The van der Waals surface area contributed by atoms with Crippen LogP contribution in [0.4, 0.5) is 5.69 Å². The quantitative estimate of drug-likeness (QED) is 0.876. The zero-order valence-corrected chi connectivity index (χ0v) is 12.1. The first-order chi connectivity index (χ1) is 9.09. The van der Waals surface area contributed by atoms with Crippen molar-refractivity contribution in [3.63, 3.8) is 0 Å². The number of benzene rings is 1. The molecule has 3 nitrogen and oxygen atoms in total. The van der Waals surface area contributed by atoms with Gasteiger partial charge in [0, 0.05) is 11.8 Å². The van der Waals surface area contributed by atoms with Crippen molar-refractivity contribution in [1.82, 2.24) is 0 Å². The van der Waals surface area contributed by atoms with E-state index in [1.807, 2.05) is 24.3 Å². The van der Waals surface area contributed by atoms with Gasteiger partial charge in [0.15, 0.2) is 0 Å². The maximum absolute atomic E-state index is 9.89. The predicted molar refractivity (Wildman–Crippen MR) is 78.6 cm³/mol. The van der Waals surface area contributed by atoms with Crippen LogP contribution in [0.3, 0.4) is 0 Å². The van der Waals surface area contributed by atoms with Gasteiger partial charge in [-0.3, -0.25) is 0 Å². The van der Waals surface area contributed by atoms with Crippen molar-refractivity contribution in [1.29, 1.82) is 0 Å². The van der Waals surface area contributed by atoms with Crippen molar-refractivity contribution in [3.8, 4) is 5.75 Å². The van der Waals surface area contributed by atoms with Crippen LogP contribution in [-0.2, 0) is 0 Å². The van der Waals surface area contributed by atoms with Gasteiger partial charge < -0.3 is 15.2 Å². The van der Waals surface area contributed by atoms with Gasteiger partial charge in [0.25, 0.3) is 0 Å². The Hall–Kier alpha value is -1.22. The molecule has 0 heterocycles. The van der Waals surface area contributed by atoms with Gasteiger partial charge in [0.1, 0.15) is 5.75 Å². The standard InChI is InChI=1S/C16H25NO2/c1-12-7-8-16(11-18,13(2)9-12)17-14-5-4-6-15(10-14)19-3/h4-6,10,12-13,17-18H,7-9,11H2,1-3H3. The summed E-state index contributed by atoms with van der Waals surface area (Å²) in [7, 11) is 1.67. The highest BCUT2D eigenvalue weighted by Gasteiger charge is 2.39. The molecule has 1 fully saturated rings. The molecule has 3 atom stereocenters. The third-order valence-electron chi connectivity index (χ3n) is 4.53. The number of nitrogens with one attached hydrogen (secondary N) is 1. The van der Waals surface area contributed by atoms with E-state index in [1.54, 1.807) is 7.11 Å². The van der Waals surface area contributed by atoms with E-state index in [9.17, 15) is 5.11 Å². The van der Waals surface area contributed by atoms with Crippen LogP contribution in [0.25, 0.3) is 0 Å². The number of anilines is 1. The molecule has 19 heavy (non-hydrogen) atoms. The van der Waals surface area contributed by atoms with Gasteiger partial charge in [-0.05, 0) is 43.2 Å². The normalized spacial score (nSPS) is 30.9. The Balaban J connectivity index is 2.17. The van der Waals surface area contributed by atoms with Crippen LogP contribution in [0, 0.1) is 11.8 Å². The number of hydrogen-bond acceptors (Lipinski definition) is 3. The second-order valence-corrected chi connectivity index (χ2v) is 5.95. The van der Waals surface area contributed by atoms with Gasteiger partial charge in [-0.1, -0.05) is 19.9 Å². The summed E-state index contributed by atoms with van der Waals surface area (Å²) in [6.45, 7) is 4.71. The molecule has 1 aromatic rings. The molecule has 1 saturated carbocycles. The summed E-state index contributed by atoms with van der Waals surface area (Å²) in [5.41, 5.74) is 0.827. The Kier molecular flexibility index (Phi) is 4.35. The number of ether oxygens (including phenoxy) is 1. The van der Waals surface area contributed by atoms with E-state index in [-0.39, 0.29) is 12.1 Å². The second-order valence-electron chi connectivity index (χ2n) is 5.95. The predicted octanol–water partition coefficient (Wildman–Crippen LogP) is 3.29. The highest BCUT2D eigenvalue weighted by Crippen LogP contribution is 2.39. The highest BCUT2D eigenvalue weighted by molar-refractivity contribution is 5.50. The van der Waals surface area contributed by atoms with Gasteiger partial charge in [0.05, 0.1) is 19.3 Å². The van der Waals surface area contributed by atoms with Crippen LogP contribution in [0.1, 0.15) is 33.1 Å². The molecule has 0 amide bonds. The second kappa shape index (κ2) is 5.83. The fourth-order valence-electron chi connectivity index (χ4n) is 3.15. The molecule has 0 aliphatic heterocycles. The number of aliphatic hydroxyl groups excluding tert-OH is 1. The third-order valence-corrected chi connectivity index (χ3v) is 4.53. The van der Waals surface area contributed by atoms with E-state index in [0.29, 0.717) is 5.92 Å². The lowest BCUT2D eigenvalue weighted by Crippen LogP contribution is -2.51. The lowest BCUT2D eigenvalue weighted by atomic mass is 9.70. The first kappa shape index (κ1) is 14.2. The Morgan fingerprint density at radius 3 is 2.84 bits per heavy atom. The van der Waals surface area contributed by atoms with Crippen LogP contribution in [0.15, 0.2) is 24.3 Å². The molecule has 1 aromatic carbocycles. The molecule has 0 bridgehead atoms. The van der Waals surface area contributed by atoms with Gasteiger partial charge in [0.2, 0.25) is 0 Å². The monoisotopic (exact) mass is 263 g/mol. The molecule has 1 aliphatic rings. The Morgan fingerprint density at radius 2 is 2.21 bits per heavy atom. The zero-order valence-electron chi connectivity index (χ0n) is 12.1. The largest absolute Gasteiger partial charge is 0.497 e. The molecule has 0 saturated heterocycles. The minimum absolute atomic E-state index is 0.179. The molecule has 1 aliphatic carbocycles.